The van der Waals surface area contributed by atoms with Crippen molar-refractivity contribution in [2.75, 3.05) is 27.3 Å². The van der Waals surface area contributed by atoms with Crippen molar-refractivity contribution in [1.29, 1.82) is 0 Å². The lowest BCUT2D eigenvalue weighted by Crippen LogP contribution is -2.29. The number of nitrogens with one attached hydrogen (secondary N) is 1. The van der Waals surface area contributed by atoms with E-state index in [1.807, 2.05) is 18.2 Å². The van der Waals surface area contributed by atoms with Gasteiger partial charge in [-0.05, 0) is 61.2 Å². The molecular weight excluding hydrogens is 364 g/mol. The van der Waals surface area contributed by atoms with Crippen LogP contribution in [-0.4, -0.2) is 38.1 Å². The molecule has 5 heteroatoms. The number of carbonyl (C=O) groups excluding carboxylic acids is 1. The summed E-state index contributed by atoms with van der Waals surface area (Å²) in [5, 5.41) is 3.02. The zero-order chi connectivity index (χ0) is 20.5. The number of likely N-dealkylation sites (tertiary alicyclic amines) is 1. The van der Waals surface area contributed by atoms with Crippen molar-refractivity contribution >= 4 is 5.91 Å². The fourth-order valence-electron chi connectivity index (χ4n) is 3.70. The highest BCUT2D eigenvalue weighted by Crippen LogP contribution is 2.23. The Kier molecular flexibility index (Phi) is 7.94. The van der Waals surface area contributed by atoms with Crippen LogP contribution in [0.4, 0.5) is 0 Å². The number of benzene rings is 2. The van der Waals surface area contributed by atoms with Crippen LogP contribution in [0.2, 0.25) is 0 Å². The molecule has 2 aromatic rings. The fraction of sp³-hybridized carbons (Fsp3) is 0.458. The van der Waals surface area contributed by atoms with Gasteiger partial charge in [-0.1, -0.05) is 30.7 Å². The van der Waals surface area contributed by atoms with E-state index in [0.29, 0.717) is 19.4 Å². The van der Waals surface area contributed by atoms with Crippen LogP contribution in [0.5, 0.6) is 11.5 Å². The van der Waals surface area contributed by atoms with E-state index in [-0.39, 0.29) is 5.91 Å². The number of ether oxygens (including phenoxy) is 2. The highest BCUT2D eigenvalue weighted by atomic mass is 16.5. The van der Waals surface area contributed by atoms with E-state index in [1.165, 1.54) is 37.9 Å². The topological polar surface area (TPSA) is 50.8 Å². The van der Waals surface area contributed by atoms with Crippen LogP contribution >= 0.6 is 0 Å². The second-order valence-corrected chi connectivity index (χ2v) is 7.65. The number of nitrogens with zero attached hydrogens (tertiary/aromatic N) is 1. The SMILES string of the molecule is COc1cc(CCC(=O)NCc2ccc(CN3CCCCC3)cc2)cc(OC)c1. The van der Waals surface area contributed by atoms with Gasteiger partial charge in [-0.25, -0.2) is 0 Å². The molecule has 2 aromatic carbocycles. The molecule has 0 aliphatic carbocycles. The van der Waals surface area contributed by atoms with Crippen molar-refractivity contribution < 1.29 is 14.3 Å². The van der Waals surface area contributed by atoms with Gasteiger partial charge in [0.15, 0.2) is 0 Å². The number of rotatable bonds is 9. The molecule has 1 fully saturated rings. The van der Waals surface area contributed by atoms with E-state index in [1.54, 1.807) is 14.2 Å². The number of carbonyl (C=O) groups is 1. The summed E-state index contributed by atoms with van der Waals surface area (Å²) in [4.78, 5) is 14.8. The molecule has 1 aliphatic rings. The minimum absolute atomic E-state index is 0.0455. The Morgan fingerprint density at radius 2 is 1.52 bits per heavy atom. The number of piperidine rings is 1. The first-order chi connectivity index (χ1) is 14.2. The van der Waals surface area contributed by atoms with Gasteiger partial charge in [0.2, 0.25) is 5.91 Å². The molecule has 0 radical (unpaired) electrons. The van der Waals surface area contributed by atoms with E-state index in [4.69, 9.17) is 9.47 Å². The van der Waals surface area contributed by atoms with E-state index in [0.717, 1.165) is 29.2 Å². The fourth-order valence-corrected chi connectivity index (χ4v) is 3.70. The lowest BCUT2D eigenvalue weighted by atomic mass is 10.1. The highest BCUT2D eigenvalue weighted by Gasteiger charge is 2.10. The van der Waals surface area contributed by atoms with Gasteiger partial charge in [0.25, 0.3) is 0 Å². The summed E-state index contributed by atoms with van der Waals surface area (Å²) < 4.78 is 10.6. The molecule has 3 rings (SSSR count). The Balaban J connectivity index is 1.43. The van der Waals surface area contributed by atoms with Gasteiger partial charge in [-0.2, -0.15) is 0 Å². The van der Waals surface area contributed by atoms with Crippen LogP contribution in [0.25, 0.3) is 0 Å². The minimum Gasteiger partial charge on any atom is -0.497 e. The molecular formula is C24H32N2O3. The summed E-state index contributed by atoms with van der Waals surface area (Å²) in [6.07, 6.45) is 5.07. The summed E-state index contributed by atoms with van der Waals surface area (Å²) in [6, 6.07) is 14.3. The first kappa shape index (κ1) is 21.2. The summed E-state index contributed by atoms with van der Waals surface area (Å²) >= 11 is 0. The Morgan fingerprint density at radius 3 is 2.14 bits per heavy atom. The molecule has 1 amide bonds. The van der Waals surface area contributed by atoms with Crippen molar-refractivity contribution in [2.24, 2.45) is 0 Å². The van der Waals surface area contributed by atoms with E-state index in [9.17, 15) is 4.79 Å². The second kappa shape index (κ2) is 10.9. The number of hydrogen-bond donors (Lipinski definition) is 1. The maximum absolute atomic E-state index is 12.2. The van der Waals surface area contributed by atoms with E-state index >= 15 is 0 Å². The van der Waals surface area contributed by atoms with Gasteiger partial charge >= 0.3 is 0 Å². The molecule has 0 spiro atoms. The Morgan fingerprint density at radius 1 is 0.897 bits per heavy atom. The van der Waals surface area contributed by atoms with Crippen LogP contribution in [0, 0.1) is 0 Å². The summed E-state index contributed by atoms with van der Waals surface area (Å²) in [6.45, 7) is 3.99. The molecule has 156 valence electrons. The van der Waals surface area contributed by atoms with Crippen molar-refractivity contribution in [3.8, 4) is 11.5 Å². The van der Waals surface area contributed by atoms with Gasteiger partial charge < -0.3 is 14.8 Å². The Bertz CT molecular complexity index is 761. The molecule has 1 aliphatic heterocycles. The van der Waals surface area contributed by atoms with Crippen molar-refractivity contribution in [1.82, 2.24) is 10.2 Å². The summed E-state index contributed by atoms with van der Waals surface area (Å²) in [5.74, 6) is 1.53. The van der Waals surface area contributed by atoms with Crippen LogP contribution < -0.4 is 14.8 Å². The monoisotopic (exact) mass is 396 g/mol. The molecule has 0 bridgehead atoms. The van der Waals surface area contributed by atoms with Gasteiger partial charge in [-0.3, -0.25) is 9.69 Å². The molecule has 5 nitrogen and oxygen atoms in total. The standard InChI is InChI=1S/C24H32N2O3/c1-28-22-14-21(15-23(16-22)29-2)10-11-24(27)25-17-19-6-8-20(9-7-19)18-26-12-4-3-5-13-26/h6-9,14-16H,3-5,10-13,17-18H2,1-2H3,(H,25,27). The smallest absolute Gasteiger partial charge is 0.220 e. The van der Waals surface area contributed by atoms with Crippen LogP contribution in [0.3, 0.4) is 0 Å². The third-order valence-corrected chi connectivity index (χ3v) is 5.42. The lowest BCUT2D eigenvalue weighted by molar-refractivity contribution is -0.121. The zero-order valence-electron chi connectivity index (χ0n) is 17.6. The zero-order valence-corrected chi connectivity index (χ0v) is 17.6. The van der Waals surface area contributed by atoms with Gasteiger partial charge in [0.1, 0.15) is 11.5 Å². The van der Waals surface area contributed by atoms with Gasteiger partial charge in [0, 0.05) is 25.6 Å². The van der Waals surface area contributed by atoms with Gasteiger partial charge in [0.05, 0.1) is 14.2 Å². The highest BCUT2D eigenvalue weighted by molar-refractivity contribution is 5.76. The van der Waals surface area contributed by atoms with Crippen LogP contribution in [0.15, 0.2) is 42.5 Å². The number of hydrogen-bond acceptors (Lipinski definition) is 4. The third-order valence-electron chi connectivity index (χ3n) is 5.42. The minimum atomic E-state index is 0.0455. The lowest BCUT2D eigenvalue weighted by Gasteiger charge is -2.26. The van der Waals surface area contributed by atoms with E-state index < -0.39 is 0 Å². The van der Waals surface area contributed by atoms with Crippen LogP contribution in [0.1, 0.15) is 42.4 Å². The number of aryl methyl sites for hydroxylation is 1. The second-order valence-electron chi connectivity index (χ2n) is 7.65. The molecule has 0 atom stereocenters. The molecule has 1 N–H and O–H groups in total. The van der Waals surface area contributed by atoms with Crippen molar-refractivity contribution in [2.45, 2.75) is 45.2 Å². The molecule has 0 aromatic heterocycles. The molecule has 0 saturated carbocycles. The van der Waals surface area contributed by atoms with Gasteiger partial charge in [-0.15, -0.1) is 0 Å². The predicted octanol–water partition coefficient (Wildman–Crippen LogP) is 3.94. The average molecular weight is 397 g/mol. The Hall–Kier alpha value is -2.53. The molecule has 29 heavy (non-hydrogen) atoms. The maximum atomic E-state index is 12.2. The molecule has 1 saturated heterocycles. The number of methoxy groups -OCH3 is 2. The quantitative estimate of drug-likeness (QED) is 0.698. The Labute approximate surface area is 174 Å². The van der Waals surface area contributed by atoms with Crippen molar-refractivity contribution in [3.63, 3.8) is 0 Å². The van der Waals surface area contributed by atoms with Crippen molar-refractivity contribution in [3.05, 3.63) is 59.2 Å². The normalized spacial score (nSPS) is 14.4. The first-order valence-electron chi connectivity index (χ1n) is 10.4. The molecule has 1 heterocycles. The summed E-state index contributed by atoms with van der Waals surface area (Å²) in [5.41, 5.74) is 3.50. The number of amides is 1. The first-order valence-corrected chi connectivity index (χ1v) is 10.4. The van der Waals surface area contributed by atoms with Crippen LogP contribution in [-0.2, 0) is 24.3 Å². The maximum Gasteiger partial charge on any atom is 0.220 e. The third kappa shape index (κ3) is 6.79. The largest absolute Gasteiger partial charge is 0.497 e. The average Bonchev–Trinajstić information content (AvgIpc) is 2.77. The summed E-state index contributed by atoms with van der Waals surface area (Å²) in [7, 11) is 3.26. The molecule has 0 unspecified atom stereocenters. The van der Waals surface area contributed by atoms with E-state index in [2.05, 4.69) is 34.5 Å². The predicted molar refractivity (Wildman–Crippen MR) is 115 cm³/mol.